The van der Waals surface area contributed by atoms with Crippen molar-refractivity contribution in [3.63, 3.8) is 0 Å². The van der Waals surface area contributed by atoms with Gasteiger partial charge in [-0.3, -0.25) is 4.90 Å². The predicted octanol–water partition coefficient (Wildman–Crippen LogP) is 0.866. The zero-order valence-electron chi connectivity index (χ0n) is 11.2. The van der Waals surface area contributed by atoms with Crippen molar-refractivity contribution in [2.45, 2.75) is 38.3 Å². The molecule has 0 amide bonds. The molecular weight excluding hydrogens is 216 g/mol. The monoisotopic (exact) mass is 242 g/mol. The van der Waals surface area contributed by atoms with Crippen LogP contribution in [-0.4, -0.2) is 62.5 Å². The molecule has 17 heavy (non-hydrogen) atoms. The van der Waals surface area contributed by atoms with Crippen LogP contribution in [0.4, 0.5) is 0 Å². The Morgan fingerprint density at radius 1 is 1.29 bits per heavy atom. The highest BCUT2D eigenvalue weighted by Gasteiger charge is 2.28. The van der Waals surface area contributed by atoms with Crippen LogP contribution in [0.15, 0.2) is 0 Å². The van der Waals surface area contributed by atoms with E-state index >= 15 is 0 Å². The van der Waals surface area contributed by atoms with E-state index in [4.69, 9.17) is 9.47 Å². The van der Waals surface area contributed by atoms with Gasteiger partial charge in [-0.1, -0.05) is 6.92 Å². The second kappa shape index (κ2) is 6.14. The van der Waals surface area contributed by atoms with E-state index in [9.17, 15) is 0 Å². The van der Waals surface area contributed by atoms with Gasteiger partial charge in [0.15, 0.2) is 0 Å². The average molecular weight is 242 g/mol. The third-order valence-electron chi connectivity index (χ3n) is 4.02. The Balaban J connectivity index is 1.73. The van der Waals surface area contributed by atoms with Crippen LogP contribution in [0.25, 0.3) is 0 Å². The Morgan fingerprint density at radius 3 is 2.76 bits per heavy atom. The summed E-state index contributed by atoms with van der Waals surface area (Å²) in [7, 11) is 0. The van der Waals surface area contributed by atoms with E-state index in [2.05, 4.69) is 24.1 Å². The van der Waals surface area contributed by atoms with Gasteiger partial charge in [0.1, 0.15) is 0 Å². The van der Waals surface area contributed by atoms with Gasteiger partial charge in [-0.2, -0.15) is 0 Å². The maximum absolute atomic E-state index is 5.81. The lowest BCUT2D eigenvalue weighted by molar-refractivity contribution is -0.0331. The van der Waals surface area contributed by atoms with Gasteiger partial charge in [-0.05, 0) is 26.3 Å². The highest BCUT2D eigenvalue weighted by molar-refractivity contribution is 4.87. The lowest BCUT2D eigenvalue weighted by Crippen LogP contribution is -2.53. The summed E-state index contributed by atoms with van der Waals surface area (Å²) in [5.74, 6) is 0. The average Bonchev–Trinajstić information content (AvgIpc) is 2.38. The summed E-state index contributed by atoms with van der Waals surface area (Å²) in [5.41, 5.74) is 0.246. The van der Waals surface area contributed by atoms with Crippen LogP contribution < -0.4 is 5.32 Å². The van der Waals surface area contributed by atoms with E-state index in [1.165, 1.54) is 0 Å². The number of rotatable bonds is 4. The molecule has 0 spiro atoms. The van der Waals surface area contributed by atoms with Gasteiger partial charge in [-0.15, -0.1) is 0 Å². The first-order valence-corrected chi connectivity index (χ1v) is 6.88. The molecule has 1 unspecified atom stereocenters. The van der Waals surface area contributed by atoms with Crippen LogP contribution in [0.5, 0.6) is 0 Å². The van der Waals surface area contributed by atoms with Crippen LogP contribution in [0.1, 0.15) is 26.7 Å². The molecule has 0 bridgehead atoms. The molecule has 0 aromatic carbocycles. The summed E-state index contributed by atoms with van der Waals surface area (Å²) in [5, 5.41) is 3.68. The van der Waals surface area contributed by atoms with E-state index < -0.39 is 0 Å². The molecule has 0 aliphatic carbocycles. The number of hydrogen-bond acceptors (Lipinski definition) is 4. The van der Waals surface area contributed by atoms with E-state index in [1.807, 2.05) is 0 Å². The van der Waals surface area contributed by atoms with Crippen molar-refractivity contribution in [3.05, 3.63) is 0 Å². The van der Waals surface area contributed by atoms with E-state index in [0.29, 0.717) is 6.10 Å². The Labute approximate surface area is 105 Å². The molecule has 100 valence electrons. The highest BCUT2D eigenvalue weighted by atomic mass is 16.5. The molecule has 4 nitrogen and oxygen atoms in total. The maximum Gasteiger partial charge on any atom is 0.0826 e. The summed E-state index contributed by atoms with van der Waals surface area (Å²) in [6, 6.07) is 0. The lowest BCUT2D eigenvalue weighted by atomic mass is 9.92. The minimum Gasteiger partial charge on any atom is -0.381 e. The summed E-state index contributed by atoms with van der Waals surface area (Å²) < 4.78 is 11.2. The minimum atomic E-state index is 0.246. The quantitative estimate of drug-likeness (QED) is 0.793. The number of nitrogens with zero attached hydrogens (tertiary/aromatic N) is 1. The molecule has 2 heterocycles. The maximum atomic E-state index is 5.81. The van der Waals surface area contributed by atoms with Crippen molar-refractivity contribution in [2.24, 2.45) is 0 Å². The Bertz CT molecular complexity index is 229. The number of nitrogens with one attached hydrogen (secondary N) is 1. The van der Waals surface area contributed by atoms with Crippen molar-refractivity contribution in [1.29, 1.82) is 0 Å². The fourth-order valence-electron chi connectivity index (χ4n) is 2.55. The SMILES string of the molecule is CCN1CCOC(CNC2(C)CCOCC2)C1. The molecule has 0 aromatic heterocycles. The molecule has 2 rings (SSSR count). The fraction of sp³-hybridized carbons (Fsp3) is 1.00. The first kappa shape index (κ1) is 13.3. The van der Waals surface area contributed by atoms with Crippen molar-refractivity contribution < 1.29 is 9.47 Å². The van der Waals surface area contributed by atoms with Gasteiger partial charge in [0.25, 0.3) is 0 Å². The molecule has 1 N–H and O–H groups in total. The van der Waals surface area contributed by atoms with Gasteiger partial charge >= 0.3 is 0 Å². The first-order chi connectivity index (χ1) is 8.22. The molecule has 2 aliphatic rings. The number of hydrogen-bond donors (Lipinski definition) is 1. The molecule has 0 radical (unpaired) electrons. The van der Waals surface area contributed by atoms with Crippen molar-refractivity contribution >= 4 is 0 Å². The number of morpholine rings is 1. The Kier molecular flexibility index (Phi) is 4.79. The largest absolute Gasteiger partial charge is 0.381 e. The van der Waals surface area contributed by atoms with Crippen molar-refractivity contribution in [1.82, 2.24) is 10.2 Å². The van der Waals surface area contributed by atoms with Gasteiger partial charge < -0.3 is 14.8 Å². The van der Waals surface area contributed by atoms with Gasteiger partial charge in [0.05, 0.1) is 12.7 Å². The number of ether oxygens (including phenoxy) is 2. The third kappa shape index (κ3) is 3.91. The molecule has 2 saturated heterocycles. The zero-order chi connectivity index (χ0) is 12.1. The topological polar surface area (TPSA) is 33.7 Å². The molecule has 0 aromatic rings. The van der Waals surface area contributed by atoms with E-state index in [1.54, 1.807) is 0 Å². The van der Waals surface area contributed by atoms with Gasteiger partial charge in [0, 0.05) is 38.4 Å². The van der Waals surface area contributed by atoms with E-state index in [-0.39, 0.29) is 5.54 Å². The van der Waals surface area contributed by atoms with E-state index in [0.717, 1.165) is 58.8 Å². The summed E-state index contributed by atoms with van der Waals surface area (Å²) >= 11 is 0. The molecule has 1 atom stereocenters. The first-order valence-electron chi connectivity index (χ1n) is 6.88. The fourth-order valence-corrected chi connectivity index (χ4v) is 2.55. The second-order valence-corrected chi connectivity index (χ2v) is 5.44. The molecule has 4 heteroatoms. The van der Waals surface area contributed by atoms with Crippen LogP contribution in [-0.2, 0) is 9.47 Å². The van der Waals surface area contributed by atoms with Crippen LogP contribution in [0, 0.1) is 0 Å². The van der Waals surface area contributed by atoms with Crippen molar-refractivity contribution in [3.8, 4) is 0 Å². The Hall–Kier alpha value is -0.160. The van der Waals surface area contributed by atoms with Gasteiger partial charge in [-0.25, -0.2) is 0 Å². The van der Waals surface area contributed by atoms with Gasteiger partial charge in [0.2, 0.25) is 0 Å². The third-order valence-corrected chi connectivity index (χ3v) is 4.02. The lowest BCUT2D eigenvalue weighted by Gasteiger charge is -2.38. The number of likely N-dealkylation sites (N-methyl/N-ethyl adjacent to an activating group) is 1. The summed E-state index contributed by atoms with van der Waals surface area (Å²) in [6.45, 7) is 11.4. The second-order valence-electron chi connectivity index (χ2n) is 5.44. The zero-order valence-corrected chi connectivity index (χ0v) is 11.2. The molecule has 0 saturated carbocycles. The molecule has 2 aliphatic heterocycles. The summed E-state index contributed by atoms with van der Waals surface area (Å²) in [4.78, 5) is 2.46. The summed E-state index contributed by atoms with van der Waals surface area (Å²) in [6.07, 6.45) is 2.57. The minimum absolute atomic E-state index is 0.246. The standard InChI is InChI=1S/C13H26N2O2/c1-3-15-6-9-17-12(11-15)10-14-13(2)4-7-16-8-5-13/h12,14H,3-11H2,1-2H3. The van der Waals surface area contributed by atoms with Crippen molar-refractivity contribution in [2.75, 3.05) is 46.0 Å². The molecule has 2 fully saturated rings. The normalized spacial score (nSPS) is 30.4. The predicted molar refractivity (Wildman–Crippen MR) is 68.3 cm³/mol. The van der Waals surface area contributed by atoms with Crippen LogP contribution in [0.2, 0.25) is 0 Å². The Morgan fingerprint density at radius 2 is 2.06 bits per heavy atom. The van der Waals surface area contributed by atoms with Crippen LogP contribution in [0.3, 0.4) is 0 Å². The smallest absolute Gasteiger partial charge is 0.0826 e. The van der Waals surface area contributed by atoms with Crippen LogP contribution >= 0.6 is 0 Å². The molecular formula is C13H26N2O2. The highest BCUT2D eigenvalue weighted by Crippen LogP contribution is 2.19.